The van der Waals surface area contributed by atoms with Crippen molar-refractivity contribution >= 4 is 22.1 Å². The van der Waals surface area contributed by atoms with E-state index in [1.807, 2.05) is 0 Å². The molecule has 1 aromatic carbocycles. The Morgan fingerprint density at radius 1 is 1.32 bits per heavy atom. The Balaban J connectivity index is 0.00000324. The standard InChI is InChI=1S/C10H9O7S.Na/c1-2-17-10(13)7-5-3-4-6(9(11)12)8(7)18(14,15)16;/h4-5H,2H2,1H3,(H,11,12)(H,14,15,16);/q-1;+1. The summed E-state index contributed by atoms with van der Waals surface area (Å²) in [6.45, 7) is 1.47. The van der Waals surface area contributed by atoms with Gasteiger partial charge in [0.2, 0.25) is 0 Å². The van der Waals surface area contributed by atoms with Crippen molar-refractivity contribution in [3.05, 3.63) is 29.3 Å². The first kappa shape index (κ1) is 18.1. The van der Waals surface area contributed by atoms with E-state index in [2.05, 4.69) is 10.8 Å². The van der Waals surface area contributed by atoms with E-state index in [1.165, 1.54) is 6.92 Å². The minimum Gasteiger partial charge on any atom is -0.487 e. The van der Waals surface area contributed by atoms with Crippen LogP contribution in [0.1, 0.15) is 27.6 Å². The number of benzene rings is 1. The number of rotatable bonds is 4. The van der Waals surface area contributed by atoms with Gasteiger partial charge in [0.05, 0.1) is 6.61 Å². The molecule has 19 heavy (non-hydrogen) atoms. The molecule has 0 aliphatic rings. The van der Waals surface area contributed by atoms with E-state index in [4.69, 9.17) is 9.66 Å². The number of esters is 1. The average molecular weight is 296 g/mol. The summed E-state index contributed by atoms with van der Waals surface area (Å²) in [6.07, 6.45) is 0. The van der Waals surface area contributed by atoms with Crippen LogP contribution in [-0.2, 0) is 14.9 Å². The number of carbonyl (C=O) groups excluding carboxylic acids is 1. The fourth-order valence-corrected chi connectivity index (χ4v) is 2.13. The topological polar surface area (TPSA) is 118 Å². The Labute approximate surface area is 131 Å². The molecule has 0 unspecified atom stereocenters. The predicted octanol–water partition coefficient (Wildman–Crippen LogP) is -2.39. The van der Waals surface area contributed by atoms with Crippen LogP contribution in [0.5, 0.6) is 0 Å². The zero-order valence-corrected chi connectivity index (χ0v) is 13.0. The fourth-order valence-electron chi connectivity index (χ4n) is 1.28. The molecule has 0 aliphatic carbocycles. The van der Waals surface area contributed by atoms with Gasteiger partial charge in [0.15, 0.2) is 0 Å². The van der Waals surface area contributed by atoms with Gasteiger partial charge >= 0.3 is 29.6 Å². The Kier molecular flexibility index (Phi) is 6.67. The van der Waals surface area contributed by atoms with E-state index in [0.717, 1.165) is 12.1 Å². The maximum absolute atomic E-state index is 11.5. The first-order chi connectivity index (χ1) is 8.29. The zero-order valence-electron chi connectivity index (χ0n) is 10.2. The summed E-state index contributed by atoms with van der Waals surface area (Å²) in [4.78, 5) is 21.3. The fraction of sp³-hybridized carbons (Fsp3) is 0.200. The summed E-state index contributed by atoms with van der Waals surface area (Å²) < 4.78 is 35.9. The van der Waals surface area contributed by atoms with E-state index in [0.29, 0.717) is 0 Å². The van der Waals surface area contributed by atoms with Gasteiger partial charge in [-0.25, -0.2) is 0 Å². The molecule has 0 atom stereocenters. The Morgan fingerprint density at radius 2 is 1.84 bits per heavy atom. The molecule has 1 rings (SSSR count). The van der Waals surface area contributed by atoms with Crippen molar-refractivity contribution < 1.29 is 62.0 Å². The molecule has 98 valence electrons. The van der Waals surface area contributed by atoms with Crippen molar-refractivity contribution in [2.24, 2.45) is 0 Å². The normalized spacial score (nSPS) is 10.4. The van der Waals surface area contributed by atoms with Crippen molar-refractivity contribution in [3.8, 4) is 0 Å². The maximum Gasteiger partial charge on any atom is 1.00 e. The third-order valence-corrected chi connectivity index (χ3v) is 2.88. The number of carboxylic acids is 1. The van der Waals surface area contributed by atoms with Gasteiger partial charge in [-0.15, -0.1) is 0 Å². The van der Waals surface area contributed by atoms with E-state index in [-0.39, 0.29) is 36.2 Å². The molecule has 0 heterocycles. The molecule has 2 N–H and O–H groups in total. The number of hydrogen-bond acceptors (Lipinski definition) is 5. The molecular weight excluding hydrogens is 287 g/mol. The molecule has 0 fully saturated rings. The molecule has 0 saturated heterocycles. The van der Waals surface area contributed by atoms with Gasteiger partial charge in [0, 0.05) is 4.90 Å². The van der Waals surface area contributed by atoms with Crippen LogP contribution < -0.4 is 29.6 Å². The molecule has 0 amide bonds. The summed E-state index contributed by atoms with van der Waals surface area (Å²) in [6, 6.07) is 4.08. The minimum atomic E-state index is -4.87. The molecule has 0 saturated carbocycles. The van der Waals surface area contributed by atoms with E-state index in [1.54, 1.807) is 0 Å². The molecular formula is C10H9NaO7S. The Hall–Kier alpha value is -0.930. The van der Waals surface area contributed by atoms with Crippen LogP contribution >= 0.6 is 0 Å². The van der Waals surface area contributed by atoms with Gasteiger partial charge in [-0.2, -0.15) is 26.6 Å². The quantitative estimate of drug-likeness (QED) is 0.275. The number of carboxylic acid groups (broad SMARTS) is 1. The van der Waals surface area contributed by atoms with Gasteiger partial charge in [-0.1, -0.05) is 0 Å². The molecule has 9 heteroatoms. The number of carbonyl (C=O) groups is 2. The van der Waals surface area contributed by atoms with Gasteiger partial charge in [-0.05, 0) is 18.1 Å². The molecule has 1 aromatic rings. The Morgan fingerprint density at radius 3 is 2.26 bits per heavy atom. The molecule has 0 spiro atoms. The maximum atomic E-state index is 11.5. The predicted molar refractivity (Wildman–Crippen MR) is 58.0 cm³/mol. The molecule has 0 bridgehead atoms. The van der Waals surface area contributed by atoms with Crippen LogP contribution in [0.4, 0.5) is 0 Å². The van der Waals surface area contributed by atoms with Crippen LogP contribution in [0.2, 0.25) is 0 Å². The third-order valence-electron chi connectivity index (χ3n) is 1.93. The molecule has 0 aliphatic heterocycles. The Bertz CT molecular complexity index is 594. The van der Waals surface area contributed by atoms with Gasteiger partial charge in [0.25, 0.3) is 22.1 Å². The van der Waals surface area contributed by atoms with Crippen LogP contribution in [0.3, 0.4) is 0 Å². The summed E-state index contributed by atoms with van der Waals surface area (Å²) in [5.41, 5.74) is -1.32. The first-order valence-electron chi connectivity index (χ1n) is 4.71. The molecule has 0 radical (unpaired) electrons. The SMILES string of the molecule is CCOC(=O)c1c[c-]cc(C(=O)O)c1S(=O)(=O)O.[Na+]. The van der Waals surface area contributed by atoms with E-state index in [9.17, 15) is 18.0 Å². The summed E-state index contributed by atoms with van der Waals surface area (Å²) in [5.74, 6) is -2.66. The third kappa shape index (κ3) is 4.29. The van der Waals surface area contributed by atoms with Gasteiger partial charge < -0.3 is 9.84 Å². The minimum absolute atomic E-state index is 0. The molecule has 7 nitrogen and oxygen atoms in total. The van der Waals surface area contributed by atoms with Crippen molar-refractivity contribution in [1.82, 2.24) is 0 Å². The van der Waals surface area contributed by atoms with Crippen molar-refractivity contribution in [2.45, 2.75) is 11.8 Å². The van der Waals surface area contributed by atoms with Crippen LogP contribution in [0.25, 0.3) is 0 Å². The molecule has 0 aromatic heterocycles. The van der Waals surface area contributed by atoms with Crippen LogP contribution in [0.15, 0.2) is 17.0 Å². The smallest absolute Gasteiger partial charge is 0.487 e. The van der Waals surface area contributed by atoms with Crippen LogP contribution in [-0.4, -0.2) is 36.6 Å². The summed E-state index contributed by atoms with van der Waals surface area (Å²) in [5, 5.41) is 8.82. The van der Waals surface area contributed by atoms with E-state index >= 15 is 0 Å². The average Bonchev–Trinajstić information content (AvgIpc) is 2.27. The number of hydrogen-bond donors (Lipinski definition) is 2. The first-order valence-corrected chi connectivity index (χ1v) is 6.15. The monoisotopic (exact) mass is 296 g/mol. The van der Waals surface area contributed by atoms with Crippen LogP contribution in [0, 0.1) is 6.07 Å². The van der Waals surface area contributed by atoms with E-state index < -0.39 is 38.1 Å². The second kappa shape index (κ2) is 7.01. The zero-order chi connectivity index (χ0) is 13.9. The second-order valence-electron chi connectivity index (χ2n) is 3.11. The summed E-state index contributed by atoms with van der Waals surface area (Å²) in [7, 11) is -4.87. The largest absolute Gasteiger partial charge is 1.00 e. The van der Waals surface area contributed by atoms with Gasteiger partial charge in [-0.3, -0.25) is 14.1 Å². The van der Waals surface area contributed by atoms with Crippen molar-refractivity contribution in [2.75, 3.05) is 6.61 Å². The number of ether oxygens (including phenoxy) is 1. The van der Waals surface area contributed by atoms with Crippen molar-refractivity contribution in [3.63, 3.8) is 0 Å². The number of aromatic carboxylic acids is 1. The van der Waals surface area contributed by atoms with Crippen molar-refractivity contribution in [1.29, 1.82) is 0 Å². The second-order valence-corrected chi connectivity index (χ2v) is 4.47. The summed E-state index contributed by atoms with van der Waals surface area (Å²) >= 11 is 0. The van der Waals surface area contributed by atoms with Gasteiger partial charge in [0.1, 0.15) is 0 Å².